The number of ether oxygens (including phenoxy) is 1. The van der Waals surface area contributed by atoms with Crippen molar-refractivity contribution in [3.05, 3.63) is 71.8 Å². The molecule has 1 saturated heterocycles. The highest BCUT2D eigenvalue weighted by atomic mass is 16.6. The van der Waals surface area contributed by atoms with Gasteiger partial charge in [-0.2, -0.15) is 0 Å². The molecule has 1 aliphatic heterocycles. The Balaban J connectivity index is 2.22. The summed E-state index contributed by atoms with van der Waals surface area (Å²) in [4.78, 5) is 0. The van der Waals surface area contributed by atoms with E-state index in [9.17, 15) is 0 Å². The second-order valence-electron chi connectivity index (χ2n) is 6.65. The summed E-state index contributed by atoms with van der Waals surface area (Å²) in [5.41, 5.74) is 1.98. The van der Waals surface area contributed by atoms with Crippen LogP contribution in [0.15, 0.2) is 60.7 Å². The van der Waals surface area contributed by atoms with Crippen molar-refractivity contribution in [2.45, 2.75) is 38.9 Å². The summed E-state index contributed by atoms with van der Waals surface area (Å²) in [7, 11) is 0. The van der Waals surface area contributed by atoms with Crippen LogP contribution < -0.4 is 0 Å². The molecule has 0 spiro atoms. The highest BCUT2D eigenvalue weighted by molar-refractivity contribution is 5.43. The lowest BCUT2D eigenvalue weighted by Gasteiger charge is -2.67. The van der Waals surface area contributed by atoms with Crippen molar-refractivity contribution < 1.29 is 4.74 Å². The third-order valence-electron chi connectivity index (χ3n) is 5.15. The zero-order valence-corrected chi connectivity index (χ0v) is 12.7. The van der Waals surface area contributed by atoms with E-state index in [1.165, 1.54) is 11.1 Å². The molecule has 1 heteroatoms. The van der Waals surface area contributed by atoms with Crippen LogP contribution in [0.4, 0.5) is 0 Å². The highest BCUT2D eigenvalue weighted by Crippen LogP contribution is 2.64. The molecule has 20 heavy (non-hydrogen) atoms. The zero-order chi connectivity index (χ0) is 14.4. The molecule has 0 bridgehead atoms. The standard InChI is InChI=1S/C19H22O/c1-17(2)18(3,4)20-19(17,15-11-7-5-8-12-15)16-13-9-6-10-14-16/h5-14H,1-4H3. The van der Waals surface area contributed by atoms with Crippen LogP contribution in [-0.2, 0) is 10.3 Å². The largest absolute Gasteiger partial charge is 0.358 e. The van der Waals surface area contributed by atoms with E-state index in [-0.39, 0.29) is 16.6 Å². The molecular weight excluding hydrogens is 244 g/mol. The molecule has 2 aromatic rings. The molecule has 104 valence electrons. The summed E-state index contributed by atoms with van der Waals surface area (Å²) in [6.45, 7) is 8.96. The maximum Gasteiger partial charge on any atom is 0.127 e. The number of hydrogen-bond acceptors (Lipinski definition) is 1. The van der Waals surface area contributed by atoms with Gasteiger partial charge in [-0.1, -0.05) is 74.5 Å². The SMILES string of the molecule is CC1(C)OC(c2ccccc2)(c2ccccc2)C1(C)C. The Labute approximate surface area is 121 Å². The molecule has 2 aromatic carbocycles. The Morgan fingerprint density at radius 3 is 1.35 bits per heavy atom. The third-order valence-corrected chi connectivity index (χ3v) is 5.15. The third kappa shape index (κ3) is 1.53. The summed E-state index contributed by atoms with van der Waals surface area (Å²) >= 11 is 0. The van der Waals surface area contributed by atoms with Crippen LogP contribution in [0.2, 0.25) is 0 Å². The van der Waals surface area contributed by atoms with Crippen LogP contribution in [0.1, 0.15) is 38.8 Å². The van der Waals surface area contributed by atoms with Crippen LogP contribution >= 0.6 is 0 Å². The normalized spacial score (nSPS) is 22.0. The van der Waals surface area contributed by atoms with Crippen molar-refractivity contribution >= 4 is 0 Å². The van der Waals surface area contributed by atoms with E-state index in [1.54, 1.807) is 0 Å². The molecule has 0 unspecified atom stereocenters. The van der Waals surface area contributed by atoms with Gasteiger partial charge in [0.1, 0.15) is 5.60 Å². The van der Waals surface area contributed by atoms with Gasteiger partial charge in [0.2, 0.25) is 0 Å². The Kier molecular flexibility index (Phi) is 2.81. The fraction of sp³-hybridized carbons (Fsp3) is 0.368. The van der Waals surface area contributed by atoms with Crippen LogP contribution in [0.5, 0.6) is 0 Å². The highest BCUT2D eigenvalue weighted by Gasteiger charge is 2.67. The summed E-state index contributed by atoms with van der Waals surface area (Å²) in [6, 6.07) is 21.1. The van der Waals surface area contributed by atoms with Gasteiger partial charge in [-0.15, -0.1) is 0 Å². The van der Waals surface area contributed by atoms with Gasteiger partial charge in [-0.25, -0.2) is 0 Å². The van der Waals surface area contributed by atoms with E-state index in [4.69, 9.17) is 4.74 Å². The molecule has 1 nitrogen and oxygen atoms in total. The maximum atomic E-state index is 6.50. The van der Waals surface area contributed by atoms with E-state index in [1.807, 2.05) is 0 Å². The summed E-state index contributed by atoms with van der Waals surface area (Å²) in [6.07, 6.45) is 0. The first-order valence-electron chi connectivity index (χ1n) is 7.23. The first kappa shape index (κ1) is 13.4. The molecule has 0 N–H and O–H groups in total. The minimum atomic E-state index is -0.362. The van der Waals surface area contributed by atoms with Crippen LogP contribution in [0.25, 0.3) is 0 Å². The van der Waals surface area contributed by atoms with Gasteiger partial charge in [0.15, 0.2) is 0 Å². The monoisotopic (exact) mass is 266 g/mol. The fourth-order valence-corrected chi connectivity index (χ4v) is 3.37. The van der Waals surface area contributed by atoms with Crippen molar-refractivity contribution in [1.82, 2.24) is 0 Å². The predicted octanol–water partition coefficient (Wildman–Crippen LogP) is 4.77. The quantitative estimate of drug-likeness (QED) is 0.761. The molecule has 1 heterocycles. The Morgan fingerprint density at radius 2 is 1.05 bits per heavy atom. The summed E-state index contributed by atoms with van der Waals surface area (Å²) < 4.78 is 6.50. The van der Waals surface area contributed by atoms with Gasteiger partial charge in [-0.3, -0.25) is 0 Å². The molecule has 0 aliphatic carbocycles. The minimum Gasteiger partial charge on any atom is -0.358 e. The number of rotatable bonds is 2. The second-order valence-corrected chi connectivity index (χ2v) is 6.65. The van der Waals surface area contributed by atoms with Crippen LogP contribution in [0, 0.1) is 5.41 Å². The first-order valence-corrected chi connectivity index (χ1v) is 7.23. The lowest BCUT2D eigenvalue weighted by molar-refractivity contribution is -0.344. The van der Waals surface area contributed by atoms with E-state index >= 15 is 0 Å². The van der Waals surface area contributed by atoms with Gasteiger partial charge >= 0.3 is 0 Å². The van der Waals surface area contributed by atoms with Gasteiger partial charge < -0.3 is 4.74 Å². The van der Waals surface area contributed by atoms with Gasteiger partial charge in [0.25, 0.3) is 0 Å². The van der Waals surface area contributed by atoms with E-state index < -0.39 is 0 Å². The van der Waals surface area contributed by atoms with E-state index in [0.717, 1.165) is 0 Å². The molecule has 0 amide bonds. The molecule has 0 aromatic heterocycles. The van der Waals surface area contributed by atoms with Crippen molar-refractivity contribution in [1.29, 1.82) is 0 Å². The summed E-state index contributed by atoms with van der Waals surface area (Å²) in [5, 5.41) is 0. The van der Waals surface area contributed by atoms with Crippen LogP contribution in [-0.4, -0.2) is 5.60 Å². The van der Waals surface area contributed by atoms with E-state index in [0.29, 0.717) is 0 Å². The molecule has 0 radical (unpaired) electrons. The molecule has 0 atom stereocenters. The van der Waals surface area contributed by atoms with Crippen LogP contribution in [0.3, 0.4) is 0 Å². The predicted molar refractivity (Wildman–Crippen MR) is 82.6 cm³/mol. The van der Waals surface area contributed by atoms with Crippen molar-refractivity contribution in [2.75, 3.05) is 0 Å². The van der Waals surface area contributed by atoms with Crippen molar-refractivity contribution in [3.63, 3.8) is 0 Å². The molecule has 1 fully saturated rings. The topological polar surface area (TPSA) is 9.23 Å². The molecule has 0 saturated carbocycles. The smallest absolute Gasteiger partial charge is 0.127 e. The Bertz CT molecular complexity index is 557. The van der Waals surface area contributed by atoms with E-state index in [2.05, 4.69) is 88.4 Å². The maximum absolute atomic E-state index is 6.50. The van der Waals surface area contributed by atoms with Crippen molar-refractivity contribution in [3.8, 4) is 0 Å². The van der Waals surface area contributed by atoms with Gasteiger partial charge in [0.05, 0.1) is 5.60 Å². The molecular formula is C19H22O. The van der Waals surface area contributed by atoms with Crippen molar-refractivity contribution in [2.24, 2.45) is 5.41 Å². The second kappa shape index (κ2) is 4.20. The minimum absolute atomic E-state index is 0.0166. The first-order chi connectivity index (χ1) is 9.42. The molecule has 3 rings (SSSR count). The fourth-order valence-electron chi connectivity index (χ4n) is 3.37. The lowest BCUT2D eigenvalue weighted by Crippen LogP contribution is -2.70. The van der Waals surface area contributed by atoms with Gasteiger partial charge in [-0.05, 0) is 25.0 Å². The summed E-state index contributed by atoms with van der Waals surface area (Å²) in [5.74, 6) is 0. The van der Waals surface area contributed by atoms with Gasteiger partial charge in [0, 0.05) is 5.41 Å². The molecule has 1 aliphatic rings. The Morgan fingerprint density at radius 1 is 0.650 bits per heavy atom. The number of hydrogen-bond donors (Lipinski definition) is 0. The number of benzene rings is 2. The zero-order valence-electron chi connectivity index (χ0n) is 12.7. The average molecular weight is 266 g/mol. The Hall–Kier alpha value is -1.60. The average Bonchev–Trinajstić information content (AvgIpc) is 2.46. The lowest BCUT2D eigenvalue weighted by atomic mass is 9.54.